The Kier molecular flexibility index (Phi) is 8.42. The van der Waals surface area contributed by atoms with Crippen LogP contribution in [0.5, 0.6) is 0 Å². The molecule has 0 unspecified atom stereocenters. The largest absolute Gasteiger partial charge is 0.465 e. The van der Waals surface area contributed by atoms with Crippen molar-refractivity contribution < 1.29 is 9.53 Å². The molecule has 1 rings (SSSR count). The number of hydrogen-bond donors (Lipinski definition) is 2. The summed E-state index contributed by atoms with van der Waals surface area (Å²) >= 11 is 6.86. The van der Waals surface area contributed by atoms with Crippen LogP contribution in [-0.4, -0.2) is 24.7 Å². The number of hydrogen-bond acceptors (Lipinski definition) is 4. The lowest BCUT2D eigenvalue weighted by atomic mass is 10.1. The molecule has 0 aromatic carbocycles. The minimum absolute atomic E-state index is 0.311. The average molecular weight is 343 g/mol. The van der Waals surface area contributed by atoms with Crippen LogP contribution in [0, 0.1) is 6.92 Å². The highest BCUT2D eigenvalue weighted by Crippen LogP contribution is 2.33. The molecule has 0 aliphatic rings. The average Bonchev–Trinajstić information content (AvgIpc) is 2.81. The van der Waals surface area contributed by atoms with Crippen LogP contribution in [0.1, 0.15) is 60.3 Å². The lowest BCUT2D eigenvalue weighted by Crippen LogP contribution is -2.29. The van der Waals surface area contributed by atoms with Gasteiger partial charge in [0.15, 0.2) is 5.11 Å². The van der Waals surface area contributed by atoms with Crippen LogP contribution in [-0.2, 0) is 11.2 Å². The highest BCUT2D eigenvalue weighted by atomic mass is 32.1. The predicted octanol–water partition coefficient (Wildman–Crippen LogP) is 4.27. The lowest BCUT2D eigenvalue weighted by Gasteiger charge is -2.10. The van der Waals surface area contributed by atoms with Crippen LogP contribution < -0.4 is 10.6 Å². The van der Waals surface area contributed by atoms with Gasteiger partial charge in [-0.2, -0.15) is 0 Å². The Hall–Kier alpha value is -1.14. The van der Waals surface area contributed by atoms with Gasteiger partial charge in [0.05, 0.1) is 12.7 Å². The molecule has 1 heterocycles. The van der Waals surface area contributed by atoms with Gasteiger partial charge < -0.3 is 15.4 Å². The fourth-order valence-electron chi connectivity index (χ4n) is 2.31. The van der Waals surface area contributed by atoms with E-state index < -0.39 is 0 Å². The third-order valence-electron chi connectivity index (χ3n) is 3.49. The van der Waals surface area contributed by atoms with E-state index >= 15 is 0 Å². The van der Waals surface area contributed by atoms with Crippen molar-refractivity contribution in [1.82, 2.24) is 5.32 Å². The molecular weight excluding hydrogens is 316 g/mol. The number of ether oxygens (including phenoxy) is 1. The maximum atomic E-state index is 12.0. The van der Waals surface area contributed by atoms with Gasteiger partial charge in [0.25, 0.3) is 0 Å². The van der Waals surface area contributed by atoms with Gasteiger partial charge in [0.2, 0.25) is 0 Å². The number of carbonyl (C=O) groups is 1. The van der Waals surface area contributed by atoms with Crippen molar-refractivity contribution in [2.75, 3.05) is 19.0 Å². The number of carbonyl (C=O) groups excluding carboxylic acids is 1. The van der Waals surface area contributed by atoms with E-state index in [1.54, 1.807) is 11.3 Å². The second-order valence-corrected chi connectivity index (χ2v) is 6.76. The molecular formula is C16H26N2O2S2. The van der Waals surface area contributed by atoms with Crippen molar-refractivity contribution in [1.29, 1.82) is 0 Å². The molecule has 0 fully saturated rings. The number of esters is 1. The van der Waals surface area contributed by atoms with Crippen LogP contribution in [0.25, 0.3) is 0 Å². The topological polar surface area (TPSA) is 50.4 Å². The molecule has 124 valence electrons. The molecule has 1 aromatic heterocycles. The maximum absolute atomic E-state index is 12.0. The van der Waals surface area contributed by atoms with Crippen LogP contribution >= 0.6 is 23.6 Å². The van der Waals surface area contributed by atoms with Crippen molar-refractivity contribution in [3.05, 3.63) is 16.0 Å². The molecule has 0 saturated carbocycles. The summed E-state index contributed by atoms with van der Waals surface area (Å²) in [5.74, 6) is -0.311. The summed E-state index contributed by atoms with van der Waals surface area (Å²) in [6.07, 6.45) is 5.57. The number of anilines is 1. The van der Waals surface area contributed by atoms with Crippen molar-refractivity contribution in [2.24, 2.45) is 0 Å². The van der Waals surface area contributed by atoms with Gasteiger partial charge in [-0.3, -0.25) is 0 Å². The molecule has 4 nitrogen and oxygen atoms in total. The first-order chi connectivity index (χ1) is 10.5. The van der Waals surface area contributed by atoms with Crippen molar-refractivity contribution in [3.63, 3.8) is 0 Å². The highest BCUT2D eigenvalue weighted by Gasteiger charge is 2.22. The van der Waals surface area contributed by atoms with Gasteiger partial charge >= 0.3 is 5.97 Å². The van der Waals surface area contributed by atoms with Gasteiger partial charge in [0, 0.05) is 11.4 Å². The van der Waals surface area contributed by atoms with Crippen LogP contribution in [0.15, 0.2) is 0 Å². The predicted molar refractivity (Wildman–Crippen MR) is 98.1 cm³/mol. The molecule has 6 heteroatoms. The zero-order valence-electron chi connectivity index (χ0n) is 13.9. The van der Waals surface area contributed by atoms with E-state index in [0.29, 0.717) is 10.7 Å². The van der Waals surface area contributed by atoms with E-state index in [4.69, 9.17) is 17.0 Å². The van der Waals surface area contributed by atoms with E-state index in [1.165, 1.54) is 26.4 Å². The van der Waals surface area contributed by atoms with E-state index in [9.17, 15) is 4.79 Å². The Morgan fingerprint density at radius 3 is 2.59 bits per heavy atom. The number of nitrogens with one attached hydrogen (secondary N) is 2. The van der Waals surface area contributed by atoms with Gasteiger partial charge in [-0.25, -0.2) is 4.79 Å². The quantitative estimate of drug-likeness (QED) is 0.420. The van der Waals surface area contributed by atoms with E-state index in [-0.39, 0.29) is 5.97 Å². The van der Waals surface area contributed by atoms with Crippen LogP contribution in [0.4, 0.5) is 5.00 Å². The van der Waals surface area contributed by atoms with Crippen molar-refractivity contribution in [3.8, 4) is 0 Å². The molecule has 0 bridgehead atoms. The molecule has 0 radical (unpaired) electrons. The first-order valence-corrected chi connectivity index (χ1v) is 9.02. The SMILES string of the molecule is CCCCCCNC(=S)Nc1sc(C)c(CC)c1C(=O)OC. The normalized spacial score (nSPS) is 10.4. The van der Waals surface area contributed by atoms with Gasteiger partial charge in [-0.05, 0) is 37.5 Å². The number of thiophene rings is 1. The van der Waals surface area contributed by atoms with Gasteiger partial charge in [-0.1, -0.05) is 33.1 Å². The Bertz CT molecular complexity index is 512. The molecule has 0 atom stereocenters. The smallest absolute Gasteiger partial charge is 0.341 e. The second-order valence-electron chi connectivity index (χ2n) is 5.13. The Morgan fingerprint density at radius 2 is 2.00 bits per heavy atom. The van der Waals surface area contributed by atoms with Gasteiger partial charge in [-0.15, -0.1) is 11.3 Å². The number of thiocarbonyl (C=S) groups is 1. The number of aryl methyl sites for hydroxylation is 1. The highest BCUT2D eigenvalue weighted by molar-refractivity contribution is 7.80. The first kappa shape index (κ1) is 18.9. The summed E-state index contributed by atoms with van der Waals surface area (Å²) in [4.78, 5) is 13.1. The minimum atomic E-state index is -0.311. The van der Waals surface area contributed by atoms with Crippen molar-refractivity contribution >= 4 is 39.6 Å². The fourth-order valence-corrected chi connectivity index (χ4v) is 3.72. The number of methoxy groups -OCH3 is 1. The van der Waals surface area contributed by atoms with Gasteiger partial charge in [0.1, 0.15) is 5.00 Å². The maximum Gasteiger partial charge on any atom is 0.341 e. The zero-order valence-corrected chi connectivity index (χ0v) is 15.5. The van der Waals surface area contributed by atoms with Crippen LogP contribution in [0.2, 0.25) is 0 Å². The Morgan fingerprint density at radius 1 is 1.27 bits per heavy atom. The van der Waals surface area contributed by atoms with E-state index in [2.05, 4.69) is 17.6 Å². The number of rotatable bonds is 8. The first-order valence-electron chi connectivity index (χ1n) is 7.80. The zero-order chi connectivity index (χ0) is 16.5. The summed E-state index contributed by atoms with van der Waals surface area (Å²) < 4.78 is 4.90. The molecule has 0 spiro atoms. The summed E-state index contributed by atoms with van der Waals surface area (Å²) in [5.41, 5.74) is 1.65. The van der Waals surface area contributed by atoms with Crippen molar-refractivity contribution in [2.45, 2.75) is 52.9 Å². The summed E-state index contributed by atoms with van der Waals surface area (Å²) in [5, 5.41) is 7.68. The molecule has 0 amide bonds. The Labute approximate surface area is 142 Å². The lowest BCUT2D eigenvalue weighted by molar-refractivity contribution is 0.0601. The van der Waals surface area contributed by atoms with Crippen LogP contribution in [0.3, 0.4) is 0 Å². The minimum Gasteiger partial charge on any atom is -0.465 e. The second kappa shape index (κ2) is 9.79. The molecule has 0 aliphatic heterocycles. The summed E-state index contributed by atoms with van der Waals surface area (Å²) in [6, 6.07) is 0. The van der Waals surface area contributed by atoms with E-state index in [1.807, 2.05) is 13.8 Å². The Balaban J connectivity index is 2.68. The molecule has 0 aliphatic carbocycles. The summed E-state index contributed by atoms with van der Waals surface area (Å²) in [6.45, 7) is 7.10. The molecule has 1 aromatic rings. The monoisotopic (exact) mass is 342 g/mol. The third-order valence-corrected chi connectivity index (χ3v) is 4.80. The molecule has 0 saturated heterocycles. The molecule has 2 N–H and O–H groups in total. The number of unbranched alkanes of at least 4 members (excludes halogenated alkanes) is 3. The van der Waals surface area contributed by atoms with E-state index in [0.717, 1.165) is 34.8 Å². The standard InChI is InChI=1S/C16H26N2O2S2/c1-5-7-8-9-10-17-16(21)18-14-13(15(19)20-4)12(6-2)11(3)22-14/h5-10H2,1-4H3,(H2,17,18,21). The summed E-state index contributed by atoms with van der Waals surface area (Å²) in [7, 11) is 1.41. The molecule has 22 heavy (non-hydrogen) atoms. The fraction of sp³-hybridized carbons (Fsp3) is 0.625. The third kappa shape index (κ3) is 5.25.